The Balaban J connectivity index is 3.49. The second-order valence-electron chi connectivity index (χ2n) is 3.54. The highest BCUT2D eigenvalue weighted by Crippen LogP contribution is 2.38. The second-order valence-corrected chi connectivity index (χ2v) is 3.54. The van der Waals surface area contributed by atoms with Crippen molar-refractivity contribution in [1.29, 1.82) is 0 Å². The van der Waals surface area contributed by atoms with E-state index in [2.05, 4.69) is 9.15 Å². The number of carbonyl (C=O) groups is 1. The molecule has 0 amide bonds. The lowest BCUT2D eigenvalue weighted by Gasteiger charge is -2.24. The van der Waals surface area contributed by atoms with E-state index in [0.717, 1.165) is 18.6 Å². The molecule has 20 heavy (non-hydrogen) atoms. The number of esters is 1. The van der Waals surface area contributed by atoms with E-state index < -0.39 is 28.4 Å². The Bertz CT molecular complexity index is 536. The number of halogens is 3. The molecule has 0 fully saturated rings. The molecule has 0 aliphatic carbocycles. The molecule has 1 aromatic heterocycles. The van der Waals surface area contributed by atoms with Crippen molar-refractivity contribution in [3.05, 3.63) is 40.0 Å². The van der Waals surface area contributed by atoms with Gasteiger partial charge in [0.05, 0.1) is 24.6 Å². The Kier molecular flexibility index (Phi) is 4.18. The first-order chi connectivity index (χ1) is 9.14. The van der Waals surface area contributed by atoms with Crippen LogP contribution in [-0.4, -0.2) is 34.9 Å². The van der Waals surface area contributed by atoms with Crippen LogP contribution in [0.5, 0.6) is 0 Å². The van der Waals surface area contributed by atoms with Crippen molar-refractivity contribution >= 4 is 12.0 Å². The summed E-state index contributed by atoms with van der Waals surface area (Å²) in [5, 5.41) is 20.3. The zero-order chi connectivity index (χ0) is 15.6. The molecule has 0 spiro atoms. The molecule has 0 aliphatic heterocycles. The van der Waals surface area contributed by atoms with Gasteiger partial charge in [0.1, 0.15) is 0 Å². The molecule has 10 heteroatoms. The maximum Gasteiger partial charge on any atom is 0.439 e. The van der Waals surface area contributed by atoms with Gasteiger partial charge in [0, 0.05) is 11.6 Å². The maximum absolute atomic E-state index is 12.9. The predicted octanol–water partition coefficient (Wildman–Crippen LogP) is 1.36. The first kappa shape index (κ1) is 15.7. The molecule has 1 rings (SSSR count). The maximum atomic E-state index is 12.9. The summed E-state index contributed by atoms with van der Waals surface area (Å²) < 4.78 is 46.9. The highest BCUT2D eigenvalue weighted by Gasteiger charge is 2.69. The van der Waals surface area contributed by atoms with Crippen LogP contribution >= 0.6 is 0 Å². The van der Waals surface area contributed by atoms with Gasteiger partial charge in [-0.1, -0.05) is 0 Å². The summed E-state index contributed by atoms with van der Waals surface area (Å²) in [5.74, 6) is -2.21. The van der Waals surface area contributed by atoms with Gasteiger partial charge in [0.15, 0.2) is 0 Å². The summed E-state index contributed by atoms with van der Waals surface area (Å²) in [6.07, 6.45) is -3.32. The van der Waals surface area contributed by atoms with Gasteiger partial charge in [-0.3, -0.25) is 10.1 Å². The summed E-state index contributed by atoms with van der Waals surface area (Å²) in [5.41, 5.74) is -6.32. The summed E-state index contributed by atoms with van der Waals surface area (Å²) in [6.45, 7) is 0. The molecule has 0 aliphatic rings. The molecule has 1 unspecified atom stereocenters. The zero-order valence-corrected chi connectivity index (χ0v) is 9.88. The van der Waals surface area contributed by atoms with Crippen LogP contribution in [0.2, 0.25) is 0 Å². The van der Waals surface area contributed by atoms with Gasteiger partial charge in [-0.15, -0.1) is 0 Å². The van der Waals surface area contributed by atoms with E-state index in [-0.39, 0.29) is 5.56 Å². The number of furan rings is 1. The van der Waals surface area contributed by atoms with Crippen LogP contribution in [0.15, 0.2) is 28.7 Å². The molecular formula is C10H8F3NO6. The number of nitrogens with zero attached hydrogens (tertiary/aromatic N) is 1. The lowest BCUT2D eigenvalue weighted by molar-refractivity contribution is -0.454. The number of aliphatic hydroxyl groups is 1. The van der Waals surface area contributed by atoms with Crippen LogP contribution in [0, 0.1) is 10.1 Å². The van der Waals surface area contributed by atoms with Crippen molar-refractivity contribution in [2.24, 2.45) is 0 Å². The molecule has 1 atom stereocenters. The van der Waals surface area contributed by atoms with Crippen molar-refractivity contribution in [1.82, 2.24) is 0 Å². The zero-order valence-electron chi connectivity index (χ0n) is 9.88. The lowest BCUT2D eigenvalue weighted by Crippen LogP contribution is -2.55. The van der Waals surface area contributed by atoms with Crippen molar-refractivity contribution < 1.29 is 37.1 Å². The number of ether oxygens (including phenoxy) is 1. The van der Waals surface area contributed by atoms with Crippen LogP contribution in [0.25, 0.3) is 6.08 Å². The topological polar surface area (TPSA) is 103 Å². The molecule has 0 saturated carbocycles. The van der Waals surface area contributed by atoms with Crippen LogP contribution < -0.4 is 0 Å². The first-order valence-electron chi connectivity index (χ1n) is 4.91. The van der Waals surface area contributed by atoms with Gasteiger partial charge < -0.3 is 14.3 Å². The van der Waals surface area contributed by atoms with Gasteiger partial charge in [-0.2, -0.15) is 13.2 Å². The average Bonchev–Trinajstić information content (AvgIpc) is 2.85. The Morgan fingerprint density at radius 3 is 2.50 bits per heavy atom. The Morgan fingerprint density at radius 2 is 2.15 bits per heavy atom. The third-order valence-corrected chi connectivity index (χ3v) is 2.31. The van der Waals surface area contributed by atoms with E-state index >= 15 is 0 Å². The quantitative estimate of drug-likeness (QED) is 0.511. The van der Waals surface area contributed by atoms with Gasteiger partial charge >= 0.3 is 17.7 Å². The summed E-state index contributed by atoms with van der Waals surface area (Å²) in [4.78, 5) is 20.5. The number of hydrogen-bond acceptors (Lipinski definition) is 6. The third kappa shape index (κ3) is 2.64. The number of rotatable bonds is 4. The Hall–Kier alpha value is -2.36. The predicted molar refractivity (Wildman–Crippen MR) is 56.7 cm³/mol. The van der Waals surface area contributed by atoms with Crippen LogP contribution in [-0.2, 0) is 9.53 Å². The number of hydrogen-bond donors (Lipinski definition) is 1. The fourth-order valence-corrected chi connectivity index (χ4v) is 1.32. The number of alkyl halides is 3. The molecule has 0 saturated heterocycles. The van der Waals surface area contributed by atoms with E-state index in [0.29, 0.717) is 13.2 Å². The summed E-state index contributed by atoms with van der Waals surface area (Å²) in [7, 11) is 0.564. The fourth-order valence-electron chi connectivity index (χ4n) is 1.32. The van der Waals surface area contributed by atoms with Gasteiger partial charge in [-0.05, 0) is 6.07 Å². The molecule has 0 aromatic carbocycles. The van der Waals surface area contributed by atoms with Crippen molar-refractivity contribution in [2.45, 2.75) is 11.8 Å². The van der Waals surface area contributed by atoms with Crippen LogP contribution in [0.4, 0.5) is 13.2 Å². The van der Waals surface area contributed by atoms with E-state index in [1.165, 1.54) is 0 Å². The van der Waals surface area contributed by atoms with Gasteiger partial charge in [0.25, 0.3) is 5.70 Å². The Labute approximate surface area is 109 Å². The second kappa shape index (κ2) is 5.33. The van der Waals surface area contributed by atoms with E-state index in [4.69, 9.17) is 0 Å². The normalized spacial score (nSPS) is 15.6. The largest absolute Gasteiger partial charge is 0.472 e. The van der Waals surface area contributed by atoms with Crippen LogP contribution in [0.1, 0.15) is 5.56 Å². The van der Waals surface area contributed by atoms with E-state index in [9.17, 15) is 33.2 Å². The molecular weight excluding hydrogens is 287 g/mol. The lowest BCUT2D eigenvalue weighted by atomic mass is 9.97. The summed E-state index contributed by atoms with van der Waals surface area (Å²) >= 11 is 0. The molecule has 1 aromatic rings. The molecule has 1 heterocycles. The number of methoxy groups -OCH3 is 1. The first-order valence-corrected chi connectivity index (χ1v) is 4.91. The molecule has 110 valence electrons. The van der Waals surface area contributed by atoms with Gasteiger partial charge in [-0.25, -0.2) is 4.79 Å². The van der Waals surface area contributed by atoms with E-state index in [1.54, 1.807) is 0 Å². The monoisotopic (exact) mass is 295 g/mol. The van der Waals surface area contributed by atoms with Crippen LogP contribution in [0.3, 0.4) is 0 Å². The minimum atomic E-state index is -5.64. The number of carbonyl (C=O) groups excluding carboxylic acids is 1. The molecule has 0 bridgehead atoms. The molecule has 0 radical (unpaired) electrons. The van der Waals surface area contributed by atoms with Crippen molar-refractivity contribution in [3.8, 4) is 0 Å². The van der Waals surface area contributed by atoms with Gasteiger partial charge in [0.2, 0.25) is 0 Å². The summed E-state index contributed by atoms with van der Waals surface area (Å²) in [6, 6.07) is 1.11. The minimum Gasteiger partial charge on any atom is -0.472 e. The highest BCUT2D eigenvalue weighted by molar-refractivity contribution is 5.85. The standard InChI is InChI=1S/C10H8F3NO6/c1-19-8(15)9(16,10(11,12)13)7(14(17)18)4-6-2-3-20-5-6/h2-5,16H,1H3/b7-4-. The SMILES string of the molecule is COC(=O)C(O)(/C(=C/c1ccoc1)[N+](=O)[O-])C(F)(F)F. The Morgan fingerprint density at radius 1 is 1.55 bits per heavy atom. The molecule has 1 N–H and O–H groups in total. The van der Waals surface area contributed by atoms with Crippen molar-refractivity contribution in [2.75, 3.05) is 7.11 Å². The average molecular weight is 295 g/mol. The van der Waals surface area contributed by atoms with E-state index in [1.807, 2.05) is 0 Å². The third-order valence-electron chi connectivity index (χ3n) is 2.31. The smallest absolute Gasteiger partial charge is 0.439 e. The number of nitro groups is 1. The molecule has 7 nitrogen and oxygen atoms in total. The minimum absolute atomic E-state index is 0.136. The highest BCUT2D eigenvalue weighted by atomic mass is 19.4. The fraction of sp³-hybridized carbons (Fsp3) is 0.300. The van der Waals surface area contributed by atoms with Crippen molar-refractivity contribution in [3.63, 3.8) is 0 Å².